The molecule has 1 atom stereocenters. The SMILES string of the molecule is CCC1CNC(=O)OC12CCNCC2. The van der Waals surface area contributed by atoms with Gasteiger partial charge in [0, 0.05) is 25.3 Å². The molecule has 2 aliphatic rings. The Bertz CT molecular complexity index is 224. The van der Waals surface area contributed by atoms with E-state index in [-0.39, 0.29) is 11.7 Å². The second kappa shape index (κ2) is 3.77. The van der Waals surface area contributed by atoms with Crippen molar-refractivity contribution in [1.82, 2.24) is 10.6 Å². The fourth-order valence-electron chi connectivity index (χ4n) is 2.57. The van der Waals surface area contributed by atoms with Crippen LogP contribution in [0.15, 0.2) is 0 Å². The van der Waals surface area contributed by atoms with Gasteiger partial charge >= 0.3 is 6.09 Å². The summed E-state index contributed by atoms with van der Waals surface area (Å²) in [7, 11) is 0. The highest BCUT2D eigenvalue weighted by Gasteiger charge is 2.45. The van der Waals surface area contributed by atoms with Gasteiger partial charge in [-0.2, -0.15) is 0 Å². The highest BCUT2D eigenvalue weighted by Crippen LogP contribution is 2.35. The van der Waals surface area contributed by atoms with E-state index in [2.05, 4.69) is 17.6 Å². The maximum atomic E-state index is 11.2. The summed E-state index contributed by atoms with van der Waals surface area (Å²) in [5.74, 6) is 0.474. The Kier molecular flexibility index (Phi) is 2.63. The lowest BCUT2D eigenvalue weighted by Gasteiger charge is -2.45. The molecule has 0 saturated carbocycles. The van der Waals surface area contributed by atoms with Crippen molar-refractivity contribution in [3.05, 3.63) is 0 Å². The van der Waals surface area contributed by atoms with Crippen molar-refractivity contribution in [1.29, 1.82) is 0 Å². The van der Waals surface area contributed by atoms with Crippen molar-refractivity contribution in [3.8, 4) is 0 Å². The van der Waals surface area contributed by atoms with Crippen LogP contribution < -0.4 is 10.6 Å². The summed E-state index contributed by atoms with van der Waals surface area (Å²) in [5.41, 5.74) is -0.178. The summed E-state index contributed by atoms with van der Waals surface area (Å²) in [6.07, 6.45) is 2.74. The van der Waals surface area contributed by atoms with Crippen LogP contribution >= 0.6 is 0 Å². The predicted molar refractivity (Wildman–Crippen MR) is 53.1 cm³/mol. The van der Waals surface area contributed by atoms with E-state index >= 15 is 0 Å². The molecule has 0 aromatic rings. The van der Waals surface area contributed by atoms with E-state index in [4.69, 9.17) is 4.74 Å². The molecule has 4 heteroatoms. The highest BCUT2D eigenvalue weighted by atomic mass is 16.6. The van der Waals surface area contributed by atoms with E-state index in [9.17, 15) is 4.79 Å². The van der Waals surface area contributed by atoms with Crippen molar-refractivity contribution in [3.63, 3.8) is 0 Å². The number of carbonyl (C=O) groups is 1. The predicted octanol–water partition coefficient (Wildman–Crippen LogP) is 0.875. The van der Waals surface area contributed by atoms with Gasteiger partial charge in [0.2, 0.25) is 0 Å². The highest BCUT2D eigenvalue weighted by molar-refractivity contribution is 5.68. The average Bonchev–Trinajstić information content (AvgIpc) is 2.19. The molecule has 4 nitrogen and oxygen atoms in total. The summed E-state index contributed by atoms with van der Waals surface area (Å²) < 4.78 is 5.53. The molecule has 2 aliphatic heterocycles. The average molecular weight is 198 g/mol. The van der Waals surface area contributed by atoms with Gasteiger partial charge in [-0.05, 0) is 19.5 Å². The Morgan fingerprint density at radius 1 is 1.50 bits per heavy atom. The molecular weight excluding hydrogens is 180 g/mol. The molecule has 0 aromatic carbocycles. The normalized spacial score (nSPS) is 30.9. The van der Waals surface area contributed by atoms with Gasteiger partial charge in [-0.15, -0.1) is 0 Å². The van der Waals surface area contributed by atoms with Gasteiger partial charge in [0.1, 0.15) is 5.60 Å². The standard InChI is InChI=1S/C10H18N2O2/c1-2-8-7-12-9(13)14-10(8)3-5-11-6-4-10/h8,11H,2-7H2,1H3,(H,12,13). The molecule has 80 valence electrons. The third-order valence-electron chi connectivity index (χ3n) is 3.48. The van der Waals surface area contributed by atoms with Gasteiger partial charge in [0.05, 0.1) is 0 Å². The number of hydrogen-bond donors (Lipinski definition) is 2. The molecule has 0 aliphatic carbocycles. The number of piperidine rings is 1. The van der Waals surface area contributed by atoms with Crippen LogP contribution in [0.3, 0.4) is 0 Å². The van der Waals surface area contributed by atoms with Crippen LogP contribution in [0.4, 0.5) is 4.79 Å². The number of ether oxygens (including phenoxy) is 1. The smallest absolute Gasteiger partial charge is 0.407 e. The lowest BCUT2D eigenvalue weighted by molar-refractivity contribution is -0.0749. The van der Waals surface area contributed by atoms with E-state index in [0.717, 1.165) is 38.9 Å². The first-order valence-corrected chi connectivity index (χ1v) is 5.44. The summed E-state index contributed by atoms with van der Waals surface area (Å²) in [4.78, 5) is 11.2. The van der Waals surface area contributed by atoms with Crippen LogP contribution in [-0.4, -0.2) is 31.3 Å². The first kappa shape index (κ1) is 9.77. The number of carbonyl (C=O) groups excluding carboxylic acids is 1. The second-order valence-corrected chi connectivity index (χ2v) is 4.19. The summed E-state index contributed by atoms with van der Waals surface area (Å²) in [6.45, 7) is 4.86. The third-order valence-corrected chi connectivity index (χ3v) is 3.48. The molecule has 2 saturated heterocycles. The lowest BCUT2D eigenvalue weighted by atomic mass is 9.77. The minimum atomic E-state index is -0.239. The minimum absolute atomic E-state index is 0.178. The van der Waals surface area contributed by atoms with E-state index in [1.807, 2.05) is 0 Å². The molecule has 2 heterocycles. The Morgan fingerprint density at radius 3 is 2.86 bits per heavy atom. The third kappa shape index (κ3) is 1.59. The van der Waals surface area contributed by atoms with Crippen molar-refractivity contribution in [2.75, 3.05) is 19.6 Å². The van der Waals surface area contributed by atoms with Crippen LogP contribution in [0.25, 0.3) is 0 Å². The van der Waals surface area contributed by atoms with Crippen LogP contribution in [-0.2, 0) is 4.74 Å². The Hall–Kier alpha value is -0.770. The minimum Gasteiger partial charge on any atom is -0.442 e. The molecule has 0 radical (unpaired) electrons. The molecule has 1 amide bonds. The lowest BCUT2D eigenvalue weighted by Crippen LogP contribution is -2.58. The topological polar surface area (TPSA) is 50.4 Å². The summed E-state index contributed by atoms with van der Waals surface area (Å²) in [6, 6.07) is 0. The van der Waals surface area contributed by atoms with Gasteiger partial charge < -0.3 is 15.4 Å². The number of amides is 1. The van der Waals surface area contributed by atoms with Gasteiger partial charge in [-0.1, -0.05) is 6.92 Å². The Balaban J connectivity index is 2.13. The van der Waals surface area contributed by atoms with Gasteiger partial charge in [-0.3, -0.25) is 0 Å². The fraction of sp³-hybridized carbons (Fsp3) is 0.900. The molecular formula is C10H18N2O2. The number of hydrogen-bond acceptors (Lipinski definition) is 3. The molecule has 2 rings (SSSR count). The molecule has 0 aromatic heterocycles. The first-order chi connectivity index (χ1) is 6.77. The van der Waals surface area contributed by atoms with Gasteiger partial charge in [0.25, 0.3) is 0 Å². The first-order valence-electron chi connectivity index (χ1n) is 5.44. The second-order valence-electron chi connectivity index (χ2n) is 4.19. The zero-order chi connectivity index (χ0) is 10.0. The quantitative estimate of drug-likeness (QED) is 0.657. The monoisotopic (exact) mass is 198 g/mol. The van der Waals surface area contributed by atoms with E-state index in [0.29, 0.717) is 5.92 Å². The molecule has 14 heavy (non-hydrogen) atoms. The van der Waals surface area contributed by atoms with Crippen LogP contribution in [0.1, 0.15) is 26.2 Å². The number of alkyl carbamates (subject to hydrolysis) is 1. The van der Waals surface area contributed by atoms with Crippen molar-refractivity contribution >= 4 is 6.09 Å². The number of nitrogens with one attached hydrogen (secondary N) is 2. The van der Waals surface area contributed by atoms with Crippen molar-refractivity contribution in [2.24, 2.45) is 5.92 Å². The van der Waals surface area contributed by atoms with Crippen molar-refractivity contribution < 1.29 is 9.53 Å². The Labute approximate surface area is 84.4 Å². The van der Waals surface area contributed by atoms with Gasteiger partial charge in [-0.25, -0.2) is 4.79 Å². The van der Waals surface area contributed by atoms with Crippen LogP contribution in [0, 0.1) is 5.92 Å². The van der Waals surface area contributed by atoms with Gasteiger partial charge in [0.15, 0.2) is 0 Å². The zero-order valence-corrected chi connectivity index (χ0v) is 8.64. The number of rotatable bonds is 1. The Morgan fingerprint density at radius 2 is 2.21 bits per heavy atom. The largest absolute Gasteiger partial charge is 0.442 e. The zero-order valence-electron chi connectivity index (χ0n) is 8.64. The summed E-state index contributed by atoms with van der Waals surface area (Å²) in [5, 5.41) is 6.08. The van der Waals surface area contributed by atoms with Crippen LogP contribution in [0.2, 0.25) is 0 Å². The van der Waals surface area contributed by atoms with E-state index < -0.39 is 0 Å². The van der Waals surface area contributed by atoms with E-state index in [1.165, 1.54) is 0 Å². The van der Waals surface area contributed by atoms with Crippen LogP contribution in [0.5, 0.6) is 0 Å². The van der Waals surface area contributed by atoms with Crippen molar-refractivity contribution in [2.45, 2.75) is 31.8 Å². The molecule has 2 fully saturated rings. The summed E-state index contributed by atoms with van der Waals surface area (Å²) >= 11 is 0. The molecule has 2 N–H and O–H groups in total. The molecule has 0 bridgehead atoms. The van der Waals surface area contributed by atoms with E-state index in [1.54, 1.807) is 0 Å². The molecule has 1 unspecified atom stereocenters. The fourth-order valence-corrected chi connectivity index (χ4v) is 2.57. The maximum absolute atomic E-state index is 11.2. The maximum Gasteiger partial charge on any atom is 0.407 e. The molecule has 1 spiro atoms.